The fourth-order valence-electron chi connectivity index (χ4n) is 2.12. The molecular formula is C17H20N2O2S. The van der Waals surface area contributed by atoms with Gasteiger partial charge in [0.05, 0.1) is 4.88 Å². The largest absolute Gasteiger partial charge is 0.355 e. The molecule has 1 heterocycles. The number of thiophene rings is 1. The van der Waals surface area contributed by atoms with E-state index in [1.807, 2.05) is 24.3 Å². The van der Waals surface area contributed by atoms with Crippen LogP contribution in [0.5, 0.6) is 0 Å². The molecule has 0 fully saturated rings. The van der Waals surface area contributed by atoms with Crippen LogP contribution < -0.4 is 5.32 Å². The molecule has 0 aliphatic heterocycles. The Morgan fingerprint density at radius 1 is 1.14 bits per heavy atom. The topological polar surface area (TPSA) is 49.4 Å². The van der Waals surface area contributed by atoms with Gasteiger partial charge in [0.25, 0.3) is 11.8 Å². The minimum absolute atomic E-state index is 0.0278. The summed E-state index contributed by atoms with van der Waals surface area (Å²) in [6.45, 7) is 2.60. The smallest absolute Gasteiger partial charge is 0.263 e. The van der Waals surface area contributed by atoms with Crippen molar-refractivity contribution in [3.63, 3.8) is 0 Å². The summed E-state index contributed by atoms with van der Waals surface area (Å²) in [5, 5.41) is 2.59. The van der Waals surface area contributed by atoms with Gasteiger partial charge in [0.2, 0.25) is 0 Å². The van der Waals surface area contributed by atoms with Gasteiger partial charge in [0.1, 0.15) is 0 Å². The minimum atomic E-state index is -0.110. The molecule has 2 aromatic rings. The SMILES string of the molecule is CCc1ccc(C(=O)N(C)Cc2ccc(C(=O)NC)cc2)s1. The maximum Gasteiger partial charge on any atom is 0.263 e. The van der Waals surface area contributed by atoms with E-state index < -0.39 is 0 Å². The van der Waals surface area contributed by atoms with Crippen LogP contribution in [0.1, 0.15) is 37.4 Å². The van der Waals surface area contributed by atoms with Gasteiger partial charge in [0, 0.05) is 31.1 Å². The van der Waals surface area contributed by atoms with E-state index in [1.54, 1.807) is 42.5 Å². The molecule has 0 bridgehead atoms. The Morgan fingerprint density at radius 3 is 2.36 bits per heavy atom. The van der Waals surface area contributed by atoms with Crippen molar-refractivity contribution in [2.75, 3.05) is 14.1 Å². The van der Waals surface area contributed by atoms with Crippen molar-refractivity contribution in [3.8, 4) is 0 Å². The molecule has 4 nitrogen and oxygen atoms in total. The summed E-state index contributed by atoms with van der Waals surface area (Å²) in [7, 11) is 3.40. The van der Waals surface area contributed by atoms with E-state index in [1.165, 1.54) is 4.88 Å². The van der Waals surface area contributed by atoms with Crippen LogP contribution in [0.2, 0.25) is 0 Å². The third-order valence-corrected chi connectivity index (χ3v) is 4.65. The Hall–Kier alpha value is -2.14. The summed E-state index contributed by atoms with van der Waals surface area (Å²) in [5.74, 6) is -0.0817. The molecule has 2 amide bonds. The van der Waals surface area contributed by atoms with Crippen LogP contribution >= 0.6 is 11.3 Å². The number of benzene rings is 1. The molecule has 1 aromatic carbocycles. The highest BCUT2D eigenvalue weighted by Crippen LogP contribution is 2.19. The van der Waals surface area contributed by atoms with Crippen LogP contribution in [0, 0.1) is 0 Å². The lowest BCUT2D eigenvalue weighted by Gasteiger charge is -2.16. The van der Waals surface area contributed by atoms with E-state index in [2.05, 4.69) is 12.2 Å². The van der Waals surface area contributed by atoms with Crippen LogP contribution in [0.3, 0.4) is 0 Å². The van der Waals surface area contributed by atoms with Gasteiger partial charge < -0.3 is 10.2 Å². The fourth-order valence-corrected chi connectivity index (χ4v) is 3.06. The van der Waals surface area contributed by atoms with Crippen molar-refractivity contribution >= 4 is 23.2 Å². The van der Waals surface area contributed by atoms with Crippen molar-refractivity contribution in [3.05, 3.63) is 57.3 Å². The van der Waals surface area contributed by atoms with Crippen LogP contribution in [0.25, 0.3) is 0 Å². The average molecular weight is 316 g/mol. The van der Waals surface area contributed by atoms with Gasteiger partial charge in [-0.1, -0.05) is 19.1 Å². The Balaban J connectivity index is 2.03. The molecule has 0 saturated carbocycles. The maximum atomic E-state index is 12.4. The number of nitrogens with zero attached hydrogens (tertiary/aromatic N) is 1. The zero-order chi connectivity index (χ0) is 16.1. The van der Waals surface area contributed by atoms with Crippen molar-refractivity contribution in [1.29, 1.82) is 0 Å². The predicted molar refractivity (Wildman–Crippen MR) is 89.3 cm³/mol. The predicted octanol–water partition coefficient (Wildman–Crippen LogP) is 2.94. The number of carbonyl (C=O) groups excluding carboxylic acids is 2. The third-order valence-electron chi connectivity index (χ3n) is 3.43. The van der Waals surface area contributed by atoms with Crippen LogP contribution in [-0.2, 0) is 13.0 Å². The first-order valence-electron chi connectivity index (χ1n) is 7.20. The van der Waals surface area contributed by atoms with Crippen LogP contribution in [0.15, 0.2) is 36.4 Å². The van der Waals surface area contributed by atoms with Crippen molar-refractivity contribution < 1.29 is 9.59 Å². The summed E-state index contributed by atoms with van der Waals surface area (Å²) < 4.78 is 0. The molecule has 0 radical (unpaired) electrons. The second kappa shape index (κ2) is 7.22. The second-order valence-corrected chi connectivity index (χ2v) is 6.23. The molecule has 0 aliphatic rings. The van der Waals surface area contributed by atoms with E-state index >= 15 is 0 Å². The fraction of sp³-hybridized carbons (Fsp3) is 0.294. The molecule has 0 atom stereocenters. The van der Waals surface area contributed by atoms with E-state index in [9.17, 15) is 9.59 Å². The summed E-state index contributed by atoms with van der Waals surface area (Å²) in [4.78, 5) is 27.5. The zero-order valence-electron chi connectivity index (χ0n) is 13.1. The number of hydrogen-bond donors (Lipinski definition) is 1. The highest BCUT2D eigenvalue weighted by atomic mass is 32.1. The van der Waals surface area contributed by atoms with Crippen LogP contribution in [-0.4, -0.2) is 30.8 Å². The van der Waals surface area contributed by atoms with E-state index in [-0.39, 0.29) is 11.8 Å². The molecule has 1 aromatic heterocycles. The first kappa shape index (κ1) is 16.2. The lowest BCUT2D eigenvalue weighted by atomic mass is 10.1. The second-order valence-electron chi connectivity index (χ2n) is 5.06. The molecule has 0 spiro atoms. The maximum absolute atomic E-state index is 12.4. The Kier molecular flexibility index (Phi) is 5.33. The van der Waals surface area contributed by atoms with Gasteiger partial charge in [0.15, 0.2) is 0 Å². The van der Waals surface area contributed by atoms with Crippen molar-refractivity contribution in [2.45, 2.75) is 19.9 Å². The number of nitrogens with one attached hydrogen (secondary N) is 1. The van der Waals surface area contributed by atoms with E-state index in [0.717, 1.165) is 16.9 Å². The standard InChI is InChI=1S/C17H20N2O2S/c1-4-14-9-10-15(22-14)17(21)19(3)11-12-5-7-13(8-6-12)16(20)18-2/h5-10H,4,11H2,1-3H3,(H,18,20). The van der Waals surface area contributed by atoms with Gasteiger partial charge in [-0.2, -0.15) is 0 Å². The van der Waals surface area contributed by atoms with Gasteiger partial charge in [-0.05, 0) is 36.2 Å². The number of hydrogen-bond acceptors (Lipinski definition) is 3. The molecule has 5 heteroatoms. The number of carbonyl (C=O) groups is 2. The molecule has 1 N–H and O–H groups in total. The average Bonchev–Trinajstić information content (AvgIpc) is 3.03. The quantitative estimate of drug-likeness (QED) is 0.922. The van der Waals surface area contributed by atoms with E-state index in [4.69, 9.17) is 0 Å². The highest BCUT2D eigenvalue weighted by molar-refractivity contribution is 7.14. The van der Waals surface area contributed by atoms with Gasteiger partial charge >= 0.3 is 0 Å². The zero-order valence-corrected chi connectivity index (χ0v) is 13.9. The summed E-state index contributed by atoms with van der Waals surface area (Å²) >= 11 is 1.55. The summed E-state index contributed by atoms with van der Waals surface area (Å²) in [5.41, 5.74) is 1.61. The first-order valence-corrected chi connectivity index (χ1v) is 8.02. The molecular weight excluding hydrogens is 296 g/mol. The highest BCUT2D eigenvalue weighted by Gasteiger charge is 2.14. The molecule has 22 heavy (non-hydrogen) atoms. The number of aryl methyl sites for hydroxylation is 1. The van der Waals surface area contributed by atoms with Crippen molar-refractivity contribution in [1.82, 2.24) is 10.2 Å². The summed E-state index contributed by atoms with van der Waals surface area (Å²) in [6.07, 6.45) is 0.947. The third kappa shape index (κ3) is 3.74. The first-order chi connectivity index (χ1) is 10.5. The molecule has 0 aliphatic carbocycles. The van der Waals surface area contributed by atoms with Crippen LogP contribution in [0.4, 0.5) is 0 Å². The normalized spacial score (nSPS) is 10.3. The molecule has 2 rings (SSSR count). The number of rotatable bonds is 5. The van der Waals surface area contributed by atoms with Gasteiger partial charge in [-0.3, -0.25) is 9.59 Å². The number of amides is 2. The Labute approximate surface area is 134 Å². The lowest BCUT2D eigenvalue weighted by molar-refractivity contribution is 0.0789. The molecule has 0 saturated heterocycles. The molecule has 0 unspecified atom stereocenters. The monoisotopic (exact) mass is 316 g/mol. The van der Waals surface area contributed by atoms with Gasteiger partial charge in [-0.25, -0.2) is 0 Å². The van der Waals surface area contributed by atoms with E-state index in [0.29, 0.717) is 12.1 Å². The lowest BCUT2D eigenvalue weighted by Crippen LogP contribution is -2.25. The minimum Gasteiger partial charge on any atom is -0.355 e. The summed E-state index contributed by atoms with van der Waals surface area (Å²) in [6, 6.07) is 11.2. The van der Waals surface area contributed by atoms with Gasteiger partial charge in [-0.15, -0.1) is 11.3 Å². The Bertz CT molecular complexity index is 662. The molecule has 116 valence electrons. The van der Waals surface area contributed by atoms with Crippen molar-refractivity contribution in [2.24, 2.45) is 0 Å². The Morgan fingerprint density at radius 2 is 1.82 bits per heavy atom.